The molecule has 2 aromatic carbocycles. The maximum absolute atomic E-state index is 12.6. The molecule has 3 rings (SSSR count). The Labute approximate surface area is 167 Å². The molecule has 150 valence electrons. The van der Waals surface area contributed by atoms with Gasteiger partial charge in [0.05, 0.1) is 6.26 Å². The highest BCUT2D eigenvalue weighted by molar-refractivity contribution is 7.88. The lowest BCUT2D eigenvalue weighted by Gasteiger charge is -2.30. The lowest BCUT2D eigenvalue weighted by Crippen LogP contribution is -2.41. The number of hydrogen-bond donors (Lipinski definition) is 1. The summed E-state index contributed by atoms with van der Waals surface area (Å²) in [5.41, 5.74) is 2.26. The zero-order valence-corrected chi connectivity index (χ0v) is 17.1. The van der Waals surface area contributed by atoms with E-state index in [1.54, 1.807) is 0 Å². The smallest absolute Gasteiger partial charge is 0.220 e. The van der Waals surface area contributed by atoms with Crippen molar-refractivity contribution in [1.29, 1.82) is 0 Å². The van der Waals surface area contributed by atoms with Crippen LogP contribution in [0.15, 0.2) is 60.7 Å². The first-order valence-corrected chi connectivity index (χ1v) is 11.6. The third kappa shape index (κ3) is 5.66. The fourth-order valence-corrected chi connectivity index (χ4v) is 4.63. The first-order valence-electron chi connectivity index (χ1n) is 9.75. The number of rotatable bonds is 7. The summed E-state index contributed by atoms with van der Waals surface area (Å²) in [5.74, 6) is 0.381. The average Bonchev–Trinajstić information content (AvgIpc) is 2.71. The summed E-state index contributed by atoms with van der Waals surface area (Å²) >= 11 is 0. The van der Waals surface area contributed by atoms with Crippen molar-refractivity contribution in [3.05, 3.63) is 71.8 Å². The lowest BCUT2D eigenvalue weighted by molar-refractivity contribution is -0.121. The van der Waals surface area contributed by atoms with Crippen LogP contribution in [0.2, 0.25) is 0 Å². The number of carbonyl (C=O) groups excluding carboxylic acids is 1. The van der Waals surface area contributed by atoms with Crippen molar-refractivity contribution in [2.45, 2.75) is 25.2 Å². The molecule has 1 aliphatic heterocycles. The SMILES string of the molecule is CS(=O)(=O)N1CCC(CNC(=O)CC(c2ccccc2)c2ccccc2)CC1. The van der Waals surface area contributed by atoms with Gasteiger partial charge in [0.1, 0.15) is 0 Å². The summed E-state index contributed by atoms with van der Waals surface area (Å²) < 4.78 is 24.7. The average molecular weight is 401 g/mol. The van der Waals surface area contributed by atoms with E-state index in [-0.39, 0.29) is 11.8 Å². The predicted octanol–water partition coefficient (Wildman–Crippen LogP) is 3.00. The molecule has 1 amide bonds. The predicted molar refractivity (Wildman–Crippen MR) is 111 cm³/mol. The number of benzene rings is 2. The molecule has 1 aliphatic rings. The van der Waals surface area contributed by atoms with Crippen LogP contribution >= 0.6 is 0 Å². The molecule has 2 aromatic rings. The van der Waals surface area contributed by atoms with Gasteiger partial charge < -0.3 is 5.32 Å². The molecular weight excluding hydrogens is 372 g/mol. The van der Waals surface area contributed by atoms with Gasteiger partial charge in [-0.3, -0.25) is 4.79 Å². The van der Waals surface area contributed by atoms with E-state index in [1.807, 2.05) is 36.4 Å². The largest absolute Gasteiger partial charge is 0.356 e. The number of nitrogens with one attached hydrogen (secondary N) is 1. The van der Waals surface area contributed by atoms with Gasteiger partial charge in [0.2, 0.25) is 15.9 Å². The molecule has 0 aromatic heterocycles. The monoisotopic (exact) mass is 400 g/mol. The fraction of sp³-hybridized carbons (Fsp3) is 0.409. The van der Waals surface area contributed by atoms with Crippen LogP contribution in [0.3, 0.4) is 0 Å². The summed E-state index contributed by atoms with van der Waals surface area (Å²) in [5, 5.41) is 3.07. The molecule has 5 nitrogen and oxygen atoms in total. The summed E-state index contributed by atoms with van der Waals surface area (Å²) in [7, 11) is -3.11. The standard InChI is InChI=1S/C22H28N2O3S/c1-28(26,27)24-14-12-18(13-15-24)17-23-22(25)16-21(19-8-4-2-5-9-19)20-10-6-3-7-11-20/h2-11,18,21H,12-17H2,1H3,(H,23,25). The van der Waals surface area contributed by atoms with E-state index in [9.17, 15) is 13.2 Å². The van der Waals surface area contributed by atoms with E-state index in [4.69, 9.17) is 0 Å². The van der Waals surface area contributed by atoms with Gasteiger partial charge in [-0.25, -0.2) is 12.7 Å². The highest BCUT2D eigenvalue weighted by atomic mass is 32.2. The van der Waals surface area contributed by atoms with Gasteiger partial charge in [-0.05, 0) is 29.9 Å². The summed E-state index contributed by atoms with van der Waals surface area (Å²) in [6.45, 7) is 1.68. The lowest BCUT2D eigenvalue weighted by atomic mass is 9.88. The molecular formula is C22H28N2O3S. The minimum Gasteiger partial charge on any atom is -0.356 e. The zero-order valence-electron chi connectivity index (χ0n) is 16.3. The molecule has 0 bridgehead atoms. The Morgan fingerprint density at radius 2 is 1.50 bits per heavy atom. The van der Waals surface area contributed by atoms with Crippen molar-refractivity contribution in [1.82, 2.24) is 9.62 Å². The van der Waals surface area contributed by atoms with Gasteiger partial charge in [0.25, 0.3) is 0 Å². The minimum atomic E-state index is -3.11. The Hall–Kier alpha value is -2.18. The Morgan fingerprint density at radius 3 is 1.96 bits per heavy atom. The van der Waals surface area contributed by atoms with Gasteiger partial charge in [-0.2, -0.15) is 0 Å². The van der Waals surface area contributed by atoms with Crippen molar-refractivity contribution >= 4 is 15.9 Å². The quantitative estimate of drug-likeness (QED) is 0.777. The molecule has 1 saturated heterocycles. The number of hydrogen-bond acceptors (Lipinski definition) is 3. The molecule has 28 heavy (non-hydrogen) atoms. The number of sulfonamides is 1. The maximum Gasteiger partial charge on any atom is 0.220 e. The van der Waals surface area contributed by atoms with Crippen LogP contribution in [-0.4, -0.2) is 44.5 Å². The van der Waals surface area contributed by atoms with Crippen LogP contribution in [0.1, 0.15) is 36.3 Å². The number of nitrogens with zero attached hydrogens (tertiary/aromatic N) is 1. The minimum absolute atomic E-state index is 0.0227. The Morgan fingerprint density at radius 1 is 1.00 bits per heavy atom. The number of piperidine rings is 1. The third-order valence-corrected chi connectivity index (χ3v) is 6.73. The van der Waals surface area contributed by atoms with Crippen LogP contribution < -0.4 is 5.32 Å². The van der Waals surface area contributed by atoms with Crippen LogP contribution in [0.25, 0.3) is 0 Å². The number of amides is 1. The molecule has 0 radical (unpaired) electrons. The van der Waals surface area contributed by atoms with Crippen LogP contribution in [-0.2, 0) is 14.8 Å². The van der Waals surface area contributed by atoms with Crippen molar-refractivity contribution in [3.63, 3.8) is 0 Å². The van der Waals surface area contributed by atoms with Gasteiger partial charge in [-0.1, -0.05) is 60.7 Å². The zero-order chi connectivity index (χ0) is 20.0. The second-order valence-corrected chi connectivity index (χ2v) is 9.47. The second kappa shape index (κ2) is 9.34. The third-order valence-electron chi connectivity index (χ3n) is 5.42. The number of carbonyl (C=O) groups is 1. The Kier molecular flexibility index (Phi) is 6.86. The van der Waals surface area contributed by atoms with Gasteiger partial charge in [0, 0.05) is 32.0 Å². The van der Waals surface area contributed by atoms with Crippen molar-refractivity contribution < 1.29 is 13.2 Å². The van der Waals surface area contributed by atoms with Gasteiger partial charge in [-0.15, -0.1) is 0 Å². The highest BCUT2D eigenvalue weighted by Crippen LogP contribution is 2.28. The van der Waals surface area contributed by atoms with E-state index in [0.717, 1.165) is 24.0 Å². The van der Waals surface area contributed by atoms with E-state index < -0.39 is 10.0 Å². The fourth-order valence-electron chi connectivity index (χ4n) is 3.76. The molecule has 1 N–H and O–H groups in total. The highest BCUT2D eigenvalue weighted by Gasteiger charge is 2.25. The molecule has 1 fully saturated rings. The normalized spacial score (nSPS) is 16.2. The van der Waals surface area contributed by atoms with E-state index in [2.05, 4.69) is 29.6 Å². The van der Waals surface area contributed by atoms with Crippen LogP contribution in [0.4, 0.5) is 0 Å². The first-order chi connectivity index (χ1) is 13.4. The van der Waals surface area contributed by atoms with Gasteiger partial charge in [0.15, 0.2) is 0 Å². The van der Waals surface area contributed by atoms with Crippen LogP contribution in [0.5, 0.6) is 0 Å². The second-order valence-electron chi connectivity index (χ2n) is 7.49. The van der Waals surface area contributed by atoms with Crippen LogP contribution in [0, 0.1) is 5.92 Å². The Balaban J connectivity index is 1.56. The summed E-state index contributed by atoms with van der Waals surface area (Å²) in [6.07, 6.45) is 3.22. The molecule has 0 saturated carbocycles. The summed E-state index contributed by atoms with van der Waals surface area (Å²) in [4.78, 5) is 12.6. The van der Waals surface area contributed by atoms with Crippen molar-refractivity contribution in [2.24, 2.45) is 5.92 Å². The van der Waals surface area contributed by atoms with Gasteiger partial charge >= 0.3 is 0 Å². The molecule has 0 unspecified atom stereocenters. The van der Waals surface area contributed by atoms with E-state index in [0.29, 0.717) is 32.0 Å². The van der Waals surface area contributed by atoms with E-state index in [1.165, 1.54) is 10.6 Å². The maximum atomic E-state index is 12.6. The molecule has 6 heteroatoms. The molecule has 0 aliphatic carbocycles. The molecule has 0 spiro atoms. The summed E-state index contributed by atoms with van der Waals surface area (Å²) in [6, 6.07) is 20.2. The first kappa shape index (κ1) is 20.6. The molecule has 0 atom stereocenters. The Bertz CT molecular complexity index is 822. The molecule has 1 heterocycles. The van der Waals surface area contributed by atoms with Crippen molar-refractivity contribution in [2.75, 3.05) is 25.9 Å². The van der Waals surface area contributed by atoms with Crippen molar-refractivity contribution in [3.8, 4) is 0 Å². The van der Waals surface area contributed by atoms with E-state index >= 15 is 0 Å². The topological polar surface area (TPSA) is 66.5 Å².